The molecule has 1 fully saturated rings. The minimum absolute atomic E-state index is 0.116. The zero-order valence-electron chi connectivity index (χ0n) is 21.6. The molecule has 0 radical (unpaired) electrons. The molecular formula is C26H33Cl2N5O4. The molecule has 1 aliphatic heterocycles. The molecule has 1 saturated heterocycles. The van der Waals surface area contributed by atoms with E-state index in [-0.39, 0.29) is 24.9 Å². The van der Waals surface area contributed by atoms with Crippen LogP contribution in [-0.2, 0) is 4.74 Å². The SMILES string of the molecule is CNC[C@@H](O)COc1ccc(Cl)c(-c2nc(N[C@@H]3C[C@@H](C)O[C@@H](C)C3)c(Cl)c(-c3c(C)noc3C)n2)c1. The quantitative estimate of drug-likeness (QED) is 0.337. The monoisotopic (exact) mass is 549 g/mol. The number of aliphatic hydroxyl groups is 1. The van der Waals surface area contributed by atoms with Gasteiger partial charge in [0.25, 0.3) is 0 Å². The van der Waals surface area contributed by atoms with Crippen LogP contribution >= 0.6 is 23.2 Å². The molecule has 3 aromatic rings. The van der Waals surface area contributed by atoms with Gasteiger partial charge >= 0.3 is 0 Å². The number of benzene rings is 1. The summed E-state index contributed by atoms with van der Waals surface area (Å²) in [6.45, 7) is 8.33. The average molecular weight is 550 g/mol. The third-order valence-electron chi connectivity index (χ3n) is 6.22. The number of ether oxygens (including phenoxy) is 2. The Bertz CT molecular complexity index is 1210. The van der Waals surface area contributed by atoms with E-state index in [1.54, 1.807) is 25.2 Å². The Labute approximate surface area is 226 Å². The second kappa shape index (κ2) is 12.0. The molecule has 9 nitrogen and oxygen atoms in total. The van der Waals surface area contributed by atoms with Crippen LogP contribution in [0.1, 0.15) is 38.1 Å². The average Bonchev–Trinajstić information content (AvgIpc) is 3.17. The number of likely N-dealkylation sites (N-methyl/N-ethyl adjacent to an activating group) is 1. The van der Waals surface area contributed by atoms with Gasteiger partial charge in [-0.05, 0) is 65.8 Å². The van der Waals surface area contributed by atoms with Gasteiger partial charge in [-0.1, -0.05) is 28.4 Å². The van der Waals surface area contributed by atoms with Crippen LogP contribution in [0, 0.1) is 13.8 Å². The molecule has 0 unspecified atom stereocenters. The van der Waals surface area contributed by atoms with E-state index in [0.717, 1.165) is 12.8 Å². The number of hydrogen-bond donors (Lipinski definition) is 3. The van der Waals surface area contributed by atoms with Gasteiger partial charge in [0.15, 0.2) is 5.82 Å². The second-order valence-electron chi connectivity index (χ2n) is 9.49. The Balaban J connectivity index is 1.76. The molecule has 3 heterocycles. The molecule has 4 atom stereocenters. The van der Waals surface area contributed by atoms with Crippen molar-refractivity contribution in [2.45, 2.75) is 64.9 Å². The van der Waals surface area contributed by atoms with Crippen LogP contribution in [0.2, 0.25) is 10.0 Å². The van der Waals surface area contributed by atoms with E-state index >= 15 is 0 Å². The molecule has 4 rings (SSSR count). The standard InChI is InChI=1S/C26H33Cl2N5O4/c1-13-8-17(9-14(2)36-13)30-26-23(28)24(22-15(3)33-37-16(22)4)31-25(32-26)20-10-19(6-7-21(20)27)35-12-18(34)11-29-5/h6-7,10,13-14,17-18,29,34H,8-9,11-12H2,1-5H3,(H,30,31,32)/t13-,14+,17-,18-/m1/s1. The highest BCUT2D eigenvalue weighted by atomic mass is 35.5. The summed E-state index contributed by atoms with van der Waals surface area (Å²) in [5.41, 5.74) is 2.46. The van der Waals surface area contributed by atoms with Crippen molar-refractivity contribution in [1.82, 2.24) is 20.4 Å². The van der Waals surface area contributed by atoms with Crippen LogP contribution in [0.25, 0.3) is 22.6 Å². The normalized spacial score (nSPS) is 20.6. The smallest absolute Gasteiger partial charge is 0.163 e. The lowest BCUT2D eigenvalue weighted by atomic mass is 10.00. The van der Waals surface area contributed by atoms with Crippen LogP contribution in [0.15, 0.2) is 22.7 Å². The summed E-state index contributed by atoms with van der Waals surface area (Å²) >= 11 is 13.5. The molecule has 0 saturated carbocycles. The number of rotatable bonds is 9. The summed E-state index contributed by atoms with van der Waals surface area (Å²) in [7, 11) is 1.77. The largest absolute Gasteiger partial charge is 0.491 e. The molecule has 200 valence electrons. The van der Waals surface area contributed by atoms with Crippen molar-refractivity contribution >= 4 is 29.0 Å². The first-order valence-electron chi connectivity index (χ1n) is 12.3. The summed E-state index contributed by atoms with van der Waals surface area (Å²) in [4.78, 5) is 9.61. The number of hydrogen-bond acceptors (Lipinski definition) is 9. The molecule has 37 heavy (non-hydrogen) atoms. The van der Waals surface area contributed by atoms with E-state index in [1.165, 1.54) is 0 Å². The van der Waals surface area contributed by atoms with Crippen molar-refractivity contribution in [2.75, 3.05) is 25.5 Å². The van der Waals surface area contributed by atoms with Gasteiger partial charge in [0, 0.05) is 18.2 Å². The maximum Gasteiger partial charge on any atom is 0.163 e. The van der Waals surface area contributed by atoms with Gasteiger partial charge in [-0.15, -0.1) is 0 Å². The highest BCUT2D eigenvalue weighted by molar-refractivity contribution is 6.35. The fourth-order valence-corrected chi connectivity index (χ4v) is 5.05. The number of aryl methyl sites for hydroxylation is 2. The summed E-state index contributed by atoms with van der Waals surface area (Å²) in [6, 6.07) is 5.35. The third-order valence-corrected chi connectivity index (χ3v) is 6.91. The van der Waals surface area contributed by atoms with Crippen LogP contribution < -0.4 is 15.4 Å². The van der Waals surface area contributed by atoms with E-state index < -0.39 is 6.10 Å². The van der Waals surface area contributed by atoms with Gasteiger partial charge in [0.2, 0.25) is 0 Å². The topological polar surface area (TPSA) is 115 Å². The van der Waals surface area contributed by atoms with Gasteiger partial charge in [-0.2, -0.15) is 0 Å². The maximum absolute atomic E-state index is 10.0. The van der Waals surface area contributed by atoms with Crippen molar-refractivity contribution in [3.05, 3.63) is 39.7 Å². The van der Waals surface area contributed by atoms with E-state index in [0.29, 0.717) is 62.3 Å². The Morgan fingerprint density at radius 3 is 2.54 bits per heavy atom. The Hall–Kier alpha value is -2.43. The Morgan fingerprint density at radius 2 is 1.89 bits per heavy atom. The van der Waals surface area contributed by atoms with Crippen molar-refractivity contribution in [2.24, 2.45) is 0 Å². The predicted octanol–water partition coefficient (Wildman–Crippen LogP) is 5.05. The number of anilines is 1. The highest BCUT2D eigenvalue weighted by Crippen LogP contribution is 2.39. The Kier molecular flexibility index (Phi) is 8.92. The molecule has 0 bridgehead atoms. The van der Waals surface area contributed by atoms with E-state index in [9.17, 15) is 5.11 Å². The lowest BCUT2D eigenvalue weighted by Crippen LogP contribution is -2.37. The first-order valence-corrected chi connectivity index (χ1v) is 13.1. The lowest BCUT2D eigenvalue weighted by Gasteiger charge is -2.33. The summed E-state index contributed by atoms with van der Waals surface area (Å²) < 4.78 is 17.1. The third kappa shape index (κ3) is 6.53. The maximum atomic E-state index is 10.0. The summed E-state index contributed by atoms with van der Waals surface area (Å²) in [5, 5.41) is 21.4. The van der Waals surface area contributed by atoms with Gasteiger partial charge in [0.1, 0.15) is 40.8 Å². The molecule has 1 aliphatic rings. The van der Waals surface area contributed by atoms with Gasteiger partial charge < -0.3 is 29.7 Å². The lowest BCUT2D eigenvalue weighted by molar-refractivity contribution is -0.0338. The van der Waals surface area contributed by atoms with E-state index in [2.05, 4.69) is 29.6 Å². The molecule has 0 amide bonds. The number of nitrogens with zero attached hydrogens (tertiary/aromatic N) is 3. The molecular weight excluding hydrogens is 517 g/mol. The molecule has 0 spiro atoms. The molecule has 1 aromatic carbocycles. The van der Waals surface area contributed by atoms with Crippen LogP contribution in [0.5, 0.6) is 5.75 Å². The van der Waals surface area contributed by atoms with Crippen LogP contribution in [0.4, 0.5) is 5.82 Å². The molecule has 11 heteroatoms. The van der Waals surface area contributed by atoms with Gasteiger partial charge in [-0.3, -0.25) is 0 Å². The second-order valence-corrected chi connectivity index (χ2v) is 10.3. The fourth-order valence-electron chi connectivity index (χ4n) is 4.62. The highest BCUT2D eigenvalue weighted by Gasteiger charge is 2.28. The first-order chi connectivity index (χ1) is 17.7. The molecule has 2 aromatic heterocycles. The number of nitrogens with one attached hydrogen (secondary N) is 2. The van der Waals surface area contributed by atoms with E-state index in [4.69, 9.17) is 47.2 Å². The minimum atomic E-state index is -0.651. The van der Waals surface area contributed by atoms with Crippen molar-refractivity contribution in [3.8, 4) is 28.4 Å². The van der Waals surface area contributed by atoms with Gasteiger partial charge in [0.05, 0.1) is 28.5 Å². The predicted molar refractivity (Wildman–Crippen MR) is 145 cm³/mol. The van der Waals surface area contributed by atoms with E-state index in [1.807, 2.05) is 13.8 Å². The Morgan fingerprint density at radius 1 is 1.16 bits per heavy atom. The first kappa shape index (κ1) is 27.6. The van der Waals surface area contributed by atoms with Crippen molar-refractivity contribution in [1.29, 1.82) is 0 Å². The number of aliphatic hydroxyl groups excluding tert-OH is 1. The number of halogens is 2. The van der Waals surface area contributed by atoms with Crippen molar-refractivity contribution < 1.29 is 19.1 Å². The van der Waals surface area contributed by atoms with Crippen LogP contribution in [0.3, 0.4) is 0 Å². The summed E-state index contributed by atoms with van der Waals surface area (Å²) in [6.07, 6.45) is 1.22. The zero-order valence-corrected chi connectivity index (χ0v) is 23.2. The minimum Gasteiger partial charge on any atom is -0.491 e. The zero-order chi connectivity index (χ0) is 26.7. The molecule has 3 N–H and O–H groups in total. The molecule has 0 aliphatic carbocycles. The van der Waals surface area contributed by atoms with Crippen molar-refractivity contribution in [3.63, 3.8) is 0 Å². The van der Waals surface area contributed by atoms with Gasteiger partial charge in [-0.25, -0.2) is 9.97 Å². The fraction of sp³-hybridized carbons (Fsp3) is 0.500. The summed E-state index contributed by atoms with van der Waals surface area (Å²) in [5.74, 6) is 2.01. The van der Waals surface area contributed by atoms with Crippen LogP contribution in [-0.4, -0.2) is 64.8 Å². The number of aromatic nitrogens is 3.